The molecule has 1 unspecified atom stereocenters. The largest absolute Gasteiger partial charge is 0.480 e. The van der Waals surface area contributed by atoms with Gasteiger partial charge in [0.1, 0.15) is 6.04 Å². The summed E-state index contributed by atoms with van der Waals surface area (Å²) in [5.74, 6) is -0.730. The molecule has 0 bridgehead atoms. The summed E-state index contributed by atoms with van der Waals surface area (Å²) in [6.07, 6.45) is 0. The maximum Gasteiger partial charge on any atom is 0.320 e. The number of carboxylic acid groups (broad SMARTS) is 1. The van der Waals surface area contributed by atoms with Gasteiger partial charge in [-0.05, 0) is 35.8 Å². The lowest BCUT2D eigenvalue weighted by molar-refractivity contribution is -0.143. The monoisotopic (exact) mass is 346 g/mol. The zero-order chi connectivity index (χ0) is 14.0. The SMILES string of the molecule is Cc1sc(CN2CCN(C(C)C(=O)O)CC2)cc1Br. The number of piperazine rings is 1. The van der Waals surface area contributed by atoms with Crippen molar-refractivity contribution < 1.29 is 9.90 Å². The summed E-state index contributed by atoms with van der Waals surface area (Å²) in [4.78, 5) is 18.1. The van der Waals surface area contributed by atoms with Crippen LogP contribution in [0, 0.1) is 6.92 Å². The summed E-state index contributed by atoms with van der Waals surface area (Å²) in [6.45, 7) is 8.38. The van der Waals surface area contributed by atoms with Crippen LogP contribution in [-0.4, -0.2) is 53.1 Å². The molecule has 1 fully saturated rings. The number of carboxylic acids is 1. The second kappa shape index (κ2) is 6.35. The zero-order valence-corrected chi connectivity index (χ0v) is 13.6. The predicted octanol–water partition coefficient (Wildman–Crippen LogP) is 2.41. The summed E-state index contributed by atoms with van der Waals surface area (Å²) in [7, 11) is 0. The molecule has 6 heteroatoms. The number of hydrogen-bond donors (Lipinski definition) is 1. The highest BCUT2D eigenvalue weighted by Crippen LogP contribution is 2.27. The van der Waals surface area contributed by atoms with Gasteiger partial charge in [0, 0.05) is 47.0 Å². The molecule has 2 heterocycles. The van der Waals surface area contributed by atoms with E-state index >= 15 is 0 Å². The highest BCUT2D eigenvalue weighted by Gasteiger charge is 2.25. The minimum atomic E-state index is -0.730. The highest BCUT2D eigenvalue weighted by atomic mass is 79.9. The number of aliphatic carboxylic acids is 1. The van der Waals surface area contributed by atoms with Gasteiger partial charge in [0.2, 0.25) is 0 Å². The van der Waals surface area contributed by atoms with Crippen LogP contribution in [0.4, 0.5) is 0 Å². The summed E-state index contributed by atoms with van der Waals surface area (Å²) < 4.78 is 1.19. The second-order valence-electron chi connectivity index (χ2n) is 4.94. The smallest absolute Gasteiger partial charge is 0.320 e. The quantitative estimate of drug-likeness (QED) is 0.909. The average molecular weight is 347 g/mol. The molecule has 0 aliphatic carbocycles. The van der Waals surface area contributed by atoms with E-state index in [1.54, 1.807) is 6.92 Å². The molecular weight excluding hydrogens is 328 g/mol. The first-order valence-corrected chi connectivity index (χ1v) is 8.02. The number of carbonyl (C=O) groups is 1. The van der Waals surface area contributed by atoms with Crippen molar-refractivity contribution in [2.75, 3.05) is 26.2 Å². The Hall–Kier alpha value is -0.430. The fourth-order valence-corrected chi connectivity index (χ4v) is 3.93. The van der Waals surface area contributed by atoms with E-state index in [-0.39, 0.29) is 6.04 Å². The number of hydrogen-bond acceptors (Lipinski definition) is 4. The molecule has 1 aliphatic heterocycles. The molecule has 1 atom stereocenters. The van der Waals surface area contributed by atoms with Crippen LogP contribution in [0.3, 0.4) is 0 Å². The maximum atomic E-state index is 11.0. The molecule has 1 saturated heterocycles. The summed E-state index contributed by atoms with van der Waals surface area (Å²) in [5.41, 5.74) is 0. The Kier molecular flexibility index (Phi) is 5.00. The Balaban J connectivity index is 1.85. The first kappa shape index (κ1) is 15.0. The number of aryl methyl sites for hydroxylation is 1. The van der Waals surface area contributed by atoms with Gasteiger partial charge >= 0.3 is 5.97 Å². The van der Waals surface area contributed by atoms with Crippen LogP contribution in [0.15, 0.2) is 10.5 Å². The molecule has 1 aromatic heterocycles. The van der Waals surface area contributed by atoms with Crippen LogP contribution >= 0.6 is 27.3 Å². The van der Waals surface area contributed by atoms with Crippen LogP contribution in [0.25, 0.3) is 0 Å². The van der Waals surface area contributed by atoms with E-state index in [0.717, 1.165) is 32.7 Å². The minimum Gasteiger partial charge on any atom is -0.480 e. The van der Waals surface area contributed by atoms with E-state index in [2.05, 4.69) is 33.8 Å². The predicted molar refractivity (Wildman–Crippen MR) is 80.7 cm³/mol. The number of nitrogens with zero attached hydrogens (tertiary/aromatic N) is 2. The van der Waals surface area contributed by atoms with Crippen LogP contribution in [0.2, 0.25) is 0 Å². The third-order valence-corrected chi connectivity index (χ3v) is 5.72. The van der Waals surface area contributed by atoms with Crippen molar-refractivity contribution in [2.24, 2.45) is 0 Å². The molecule has 1 N–H and O–H groups in total. The number of halogens is 1. The van der Waals surface area contributed by atoms with Gasteiger partial charge in [-0.3, -0.25) is 14.6 Å². The minimum absolute atomic E-state index is 0.375. The maximum absolute atomic E-state index is 11.0. The van der Waals surface area contributed by atoms with Gasteiger partial charge in [-0.25, -0.2) is 0 Å². The zero-order valence-electron chi connectivity index (χ0n) is 11.2. The molecule has 4 nitrogen and oxygen atoms in total. The van der Waals surface area contributed by atoms with Gasteiger partial charge < -0.3 is 5.11 Å². The van der Waals surface area contributed by atoms with E-state index in [0.29, 0.717) is 0 Å². The Morgan fingerprint density at radius 2 is 2.11 bits per heavy atom. The molecule has 0 amide bonds. The van der Waals surface area contributed by atoms with E-state index in [9.17, 15) is 4.79 Å². The summed E-state index contributed by atoms with van der Waals surface area (Å²) in [6, 6.07) is 1.81. The summed E-state index contributed by atoms with van der Waals surface area (Å²) in [5, 5.41) is 9.01. The van der Waals surface area contributed by atoms with Gasteiger partial charge in [0.05, 0.1) is 0 Å². The number of rotatable bonds is 4. The third kappa shape index (κ3) is 3.78. The van der Waals surface area contributed by atoms with Crippen LogP contribution in [-0.2, 0) is 11.3 Å². The Labute approximate surface area is 126 Å². The van der Waals surface area contributed by atoms with Gasteiger partial charge in [0.15, 0.2) is 0 Å². The molecule has 0 aromatic carbocycles. The van der Waals surface area contributed by atoms with Crippen molar-refractivity contribution in [1.29, 1.82) is 0 Å². The van der Waals surface area contributed by atoms with Gasteiger partial charge in [-0.15, -0.1) is 11.3 Å². The first-order valence-electron chi connectivity index (χ1n) is 6.41. The molecule has 0 radical (unpaired) electrons. The van der Waals surface area contributed by atoms with Gasteiger partial charge in [-0.1, -0.05) is 0 Å². The fourth-order valence-electron chi connectivity index (χ4n) is 2.28. The van der Waals surface area contributed by atoms with Crippen molar-refractivity contribution in [3.05, 3.63) is 20.3 Å². The lowest BCUT2D eigenvalue weighted by atomic mass is 10.2. The highest BCUT2D eigenvalue weighted by molar-refractivity contribution is 9.10. The van der Waals surface area contributed by atoms with Crippen LogP contribution < -0.4 is 0 Å². The molecule has 1 aromatic rings. The molecule has 1 aliphatic rings. The molecule has 106 valence electrons. The van der Waals surface area contributed by atoms with E-state index in [4.69, 9.17) is 5.11 Å². The molecule has 2 rings (SSSR count). The lowest BCUT2D eigenvalue weighted by Crippen LogP contribution is -2.51. The second-order valence-corrected chi connectivity index (χ2v) is 7.14. The first-order chi connectivity index (χ1) is 8.97. The molecule has 19 heavy (non-hydrogen) atoms. The van der Waals surface area contributed by atoms with E-state index in [1.807, 2.05) is 16.2 Å². The molecule has 0 spiro atoms. The van der Waals surface area contributed by atoms with Crippen LogP contribution in [0.5, 0.6) is 0 Å². The Morgan fingerprint density at radius 3 is 2.58 bits per heavy atom. The number of thiophene rings is 1. The van der Waals surface area contributed by atoms with Crippen molar-refractivity contribution >= 4 is 33.2 Å². The Bertz CT molecular complexity index is 436. The summed E-state index contributed by atoms with van der Waals surface area (Å²) >= 11 is 5.37. The van der Waals surface area contributed by atoms with Gasteiger partial charge in [0.25, 0.3) is 0 Å². The third-order valence-electron chi connectivity index (χ3n) is 3.60. The molecular formula is C13H19BrN2O2S. The normalized spacial score (nSPS) is 19.5. The van der Waals surface area contributed by atoms with Crippen molar-refractivity contribution in [2.45, 2.75) is 26.4 Å². The van der Waals surface area contributed by atoms with E-state index < -0.39 is 5.97 Å². The average Bonchev–Trinajstić information content (AvgIpc) is 2.68. The van der Waals surface area contributed by atoms with Crippen LogP contribution in [0.1, 0.15) is 16.7 Å². The Morgan fingerprint density at radius 1 is 1.47 bits per heavy atom. The van der Waals surface area contributed by atoms with Crippen molar-refractivity contribution in [3.8, 4) is 0 Å². The standard InChI is InChI=1S/C13H19BrN2O2S/c1-9(13(17)18)16-5-3-15(4-6-16)8-11-7-12(14)10(2)19-11/h7,9H,3-6,8H2,1-2H3,(H,17,18). The van der Waals surface area contributed by atoms with Crippen molar-refractivity contribution in [3.63, 3.8) is 0 Å². The van der Waals surface area contributed by atoms with Crippen molar-refractivity contribution in [1.82, 2.24) is 9.80 Å². The van der Waals surface area contributed by atoms with Gasteiger partial charge in [-0.2, -0.15) is 0 Å². The fraction of sp³-hybridized carbons (Fsp3) is 0.615. The topological polar surface area (TPSA) is 43.8 Å². The van der Waals surface area contributed by atoms with E-state index in [1.165, 1.54) is 14.2 Å². The lowest BCUT2D eigenvalue weighted by Gasteiger charge is -2.36. The molecule has 0 saturated carbocycles.